The number of nitrogens with two attached hydrogens (primary N) is 1. The SMILES string of the molecule is CCC(N)CN1CCCS(=O)(=O)CC1. The van der Waals surface area contributed by atoms with Crippen molar-refractivity contribution in [2.75, 3.05) is 31.1 Å². The van der Waals surface area contributed by atoms with Crippen molar-refractivity contribution in [1.82, 2.24) is 4.90 Å². The van der Waals surface area contributed by atoms with Gasteiger partial charge in [0.05, 0.1) is 11.5 Å². The molecular formula is C9H20N2O2S. The fourth-order valence-electron chi connectivity index (χ4n) is 1.63. The summed E-state index contributed by atoms with van der Waals surface area (Å²) in [7, 11) is -2.78. The van der Waals surface area contributed by atoms with Crippen LogP contribution in [0.25, 0.3) is 0 Å². The first kappa shape index (κ1) is 11.9. The maximum absolute atomic E-state index is 11.3. The molecule has 2 N–H and O–H groups in total. The van der Waals surface area contributed by atoms with Gasteiger partial charge in [-0.1, -0.05) is 6.92 Å². The van der Waals surface area contributed by atoms with Gasteiger partial charge >= 0.3 is 0 Å². The molecule has 0 bridgehead atoms. The molecule has 1 atom stereocenters. The average Bonchev–Trinajstić information content (AvgIpc) is 2.28. The highest BCUT2D eigenvalue weighted by Gasteiger charge is 2.19. The third kappa shape index (κ3) is 3.94. The molecular weight excluding hydrogens is 200 g/mol. The van der Waals surface area contributed by atoms with E-state index in [-0.39, 0.29) is 6.04 Å². The van der Waals surface area contributed by atoms with Gasteiger partial charge in [-0.05, 0) is 19.4 Å². The minimum absolute atomic E-state index is 0.177. The highest BCUT2D eigenvalue weighted by molar-refractivity contribution is 7.91. The first-order valence-electron chi connectivity index (χ1n) is 5.22. The first-order valence-corrected chi connectivity index (χ1v) is 7.04. The molecule has 1 aliphatic rings. The maximum atomic E-state index is 11.3. The van der Waals surface area contributed by atoms with Crippen LogP contribution in [-0.2, 0) is 9.84 Å². The molecule has 0 aromatic rings. The quantitative estimate of drug-likeness (QED) is 0.718. The monoisotopic (exact) mass is 220 g/mol. The smallest absolute Gasteiger partial charge is 0.151 e. The third-order valence-electron chi connectivity index (χ3n) is 2.67. The van der Waals surface area contributed by atoms with Crippen molar-refractivity contribution in [2.24, 2.45) is 5.73 Å². The van der Waals surface area contributed by atoms with Gasteiger partial charge in [0.1, 0.15) is 0 Å². The summed E-state index contributed by atoms with van der Waals surface area (Å²) in [6, 6.07) is 0.177. The zero-order valence-corrected chi connectivity index (χ0v) is 9.59. The van der Waals surface area contributed by atoms with Crippen molar-refractivity contribution in [3.05, 3.63) is 0 Å². The van der Waals surface area contributed by atoms with Crippen molar-refractivity contribution in [1.29, 1.82) is 0 Å². The van der Waals surface area contributed by atoms with E-state index in [2.05, 4.69) is 11.8 Å². The zero-order valence-electron chi connectivity index (χ0n) is 8.78. The fourth-order valence-corrected chi connectivity index (χ4v) is 2.94. The zero-order chi connectivity index (χ0) is 10.6. The lowest BCUT2D eigenvalue weighted by atomic mass is 10.2. The van der Waals surface area contributed by atoms with E-state index in [1.165, 1.54) is 0 Å². The Morgan fingerprint density at radius 3 is 2.71 bits per heavy atom. The topological polar surface area (TPSA) is 63.4 Å². The minimum atomic E-state index is -2.78. The van der Waals surface area contributed by atoms with E-state index >= 15 is 0 Å². The van der Waals surface area contributed by atoms with Crippen LogP contribution in [0.2, 0.25) is 0 Å². The molecule has 0 amide bonds. The van der Waals surface area contributed by atoms with Gasteiger partial charge in [-0.3, -0.25) is 0 Å². The second-order valence-electron chi connectivity index (χ2n) is 3.97. The second kappa shape index (κ2) is 5.09. The highest BCUT2D eigenvalue weighted by atomic mass is 32.2. The van der Waals surface area contributed by atoms with E-state index in [9.17, 15) is 8.42 Å². The fraction of sp³-hybridized carbons (Fsp3) is 1.00. The molecule has 1 rings (SSSR count). The number of rotatable bonds is 3. The van der Waals surface area contributed by atoms with Gasteiger partial charge in [0.15, 0.2) is 9.84 Å². The molecule has 14 heavy (non-hydrogen) atoms. The van der Waals surface area contributed by atoms with Crippen molar-refractivity contribution in [2.45, 2.75) is 25.8 Å². The summed E-state index contributed by atoms with van der Waals surface area (Å²) in [5, 5.41) is 0. The highest BCUT2D eigenvalue weighted by Crippen LogP contribution is 2.05. The molecule has 0 radical (unpaired) electrons. The van der Waals surface area contributed by atoms with Crippen LogP contribution in [0.1, 0.15) is 19.8 Å². The molecule has 0 aromatic heterocycles. The van der Waals surface area contributed by atoms with Gasteiger partial charge in [-0.25, -0.2) is 8.42 Å². The molecule has 1 saturated heterocycles. The molecule has 84 valence electrons. The molecule has 1 heterocycles. The van der Waals surface area contributed by atoms with E-state index in [1.807, 2.05) is 0 Å². The van der Waals surface area contributed by atoms with Crippen LogP contribution in [0, 0.1) is 0 Å². The molecule has 0 aliphatic carbocycles. The number of sulfone groups is 1. The molecule has 0 spiro atoms. The molecule has 0 saturated carbocycles. The molecule has 1 fully saturated rings. The Morgan fingerprint density at radius 1 is 1.36 bits per heavy atom. The van der Waals surface area contributed by atoms with Crippen LogP contribution in [0.3, 0.4) is 0 Å². The lowest BCUT2D eigenvalue weighted by Crippen LogP contribution is -2.38. The Kier molecular flexibility index (Phi) is 4.34. The van der Waals surface area contributed by atoms with E-state index in [1.54, 1.807) is 0 Å². The summed E-state index contributed by atoms with van der Waals surface area (Å²) in [6.07, 6.45) is 1.70. The Balaban J connectivity index is 2.42. The molecule has 1 aliphatic heterocycles. The Morgan fingerprint density at radius 2 is 2.07 bits per heavy atom. The van der Waals surface area contributed by atoms with Crippen LogP contribution in [0.5, 0.6) is 0 Å². The van der Waals surface area contributed by atoms with E-state index in [4.69, 9.17) is 5.73 Å². The van der Waals surface area contributed by atoms with Crippen LogP contribution in [0.15, 0.2) is 0 Å². The van der Waals surface area contributed by atoms with Crippen molar-refractivity contribution in [3.8, 4) is 0 Å². The van der Waals surface area contributed by atoms with Crippen LogP contribution >= 0.6 is 0 Å². The predicted octanol–water partition coefficient (Wildman–Crippen LogP) is -0.156. The van der Waals surface area contributed by atoms with Gasteiger partial charge in [-0.2, -0.15) is 0 Å². The Bertz CT molecular complexity index is 264. The summed E-state index contributed by atoms with van der Waals surface area (Å²) >= 11 is 0. The van der Waals surface area contributed by atoms with Crippen molar-refractivity contribution in [3.63, 3.8) is 0 Å². The second-order valence-corrected chi connectivity index (χ2v) is 6.28. The summed E-state index contributed by atoms with van der Waals surface area (Å²) in [6.45, 7) is 4.40. The normalized spacial score (nSPS) is 25.6. The summed E-state index contributed by atoms with van der Waals surface area (Å²) in [5.74, 6) is 0.633. The van der Waals surface area contributed by atoms with E-state index < -0.39 is 9.84 Å². The minimum Gasteiger partial charge on any atom is -0.327 e. The van der Waals surface area contributed by atoms with Gasteiger partial charge in [0.25, 0.3) is 0 Å². The molecule has 5 heteroatoms. The van der Waals surface area contributed by atoms with Gasteiger partial charge in [0, 0.05) is 19.1 Å². The lowest BCUT2D eigenvalue weighted by molar-refractivity contribution is 0.273. The van der Waals surface area contributed by atoms with Crippen molar-refractivity contribution < 1.29 is 8.42 Å². The van der Waals surface area contributed by atoms with Gasteiger partial charge in [-0.15, -0.1) is 0 Å². The van der Waals surface area contributed by atoms with E-state index in [0.29, 0.717) is 18.1 Å². The molecule has 1 unspecified atom stereocenters. The van der Waals surface area contributed by atoms with Gasteiger partial charge < -0.3 is 10.6 Å². The van der Waals surface area contributed by atoms with Crippen molar-refractivity contribution >= 4 is 9.84 Å². The summed E-state index contributed by atoms with van der Waals surface area (Å²) < 4.78 is 22.6. The third-order valence-corrected chi connectivity index (χ3v) is 4.38. The largest absolute Gasteiger partial charge is 0.327 e. The number of hydrogen-bond acceptors (Lipinski definition) is 4. The van der Waals surface area contributed by atoms with Crippen LogP contribution < -0.4 is 5.73 Å². The van der Waals surface area contributed by atoms with Crippen LogP contribution in [0.4, 0.5) is 0 Å². The Hall–Kier alpha value is -0.130. The number of nitrogens with zero attached hydrogens (tertiary/aromatic N) is 1. The predicted molar refractivity (Wildman–Crippen MR) is 58.0 cm³/mol. The first-order chi connectivity index (χ1) is 6.53. The molecule has 4 nitrogen and oxygen atoms in total. The standard InChI is InChI=1S/C9H20N2O2S/c1-2-9(10)8-11-4-3-6-14(12,13)7-5-11/h9H,2-8,10H2,1H3. The molecule has 0 aromatic carbocycles. The summed E-state index contributed by atoms with van der Waals surface area (Å²) in [4.78, 5) is 2.17. The Labute approximate surface area is 86.4 Å². The number of hydrogen-bond donors (Lipinski definition) is 1. The lowest BCUT2D eigenvalue weighted by Gasteiger charge is -2.22. The van der Waals surface area contributed by atoms with Gasteiger partial charge in [0.2, 0.25) is 0 Å². The van der Waals surface area contributed by atoms with E-state index in [0.717, 1.165) is 25.9 Å². The van der Waals surface area contributed by atoms with Crippen LogP contribution in [-0.4, -0.2) is 50.5 Å². The summed E-state index contributed by atoms with van der Waals surface area (Å²) in [5.41, 5.74) is 5.83. The maximum Gasteiger partial charge on any atom is 0.151 e. The average molecular weight is 220 g/mol.